The molecule has 0 bridgehead atoms. The molecule has 0 atom stereocenters. The lowest BCUT2D eigenvalue weighted by atomic mass is 10.3. The molecule has 0 radical (unpaired) electrons. The van der Waals surface area contributed by atoms with E-state index < -0.39 is 5.82 Å². The second-order valence-corrected chi connectivity index (χ2v) is 4.00. The molecule has 7 heteroatoms. The average Bonchev–Trinajstić information content (AvgIpc) is 2.48. The molecule has 0 spiro atoms. The number of nitrogens with one attached hydrogen (secondary N) is 2. The van der Waals surface area contributed by atoms with Gasteiger partial charge in [-0.25, -0.2) is 14.4 Å². The van der Waals surface area contributed by atoms with Gasteiger partial charge in [-0.1, -0.05) is 6.07 Å². The highest BCUT2D eigenvalue weighted by Gasteiger charge is 2.02. The Bertz CT molecular complexity index is 546. The average molecular weight is 275 g/mol. The summed E-state index contributed by atoms with van der Waals surface area (Å²) in [4.78, 5) is 23.1. The molecule has 104 valence electrons. The molecule has 1 amide bonds. The second-order valence-electron chi connectivity index (χ2n) is 4.00. The number of anilines is 1. The predicted molar refractivity (Wildman–Crippen MR) is 71.2 cm³/mol. The summed E-state index contributed by atoms with van der Waals surface area (Å²) in [6.07, 6.45) is 4.08. The smallest absolute Gasteiger partial charge is 0.222 e. The molecule has 0 aliphatic carbocycles. The maximum Gasteiger partial charge on any atom is 0.222 e. The van der Waals surface area contributed by atoms with E-state index in [0.717, 1.165) is 18.1 Å². The second kappa shape index (κ2) is 7.13. The lowest BCUT2D eigenvalue weighted by molar-refractivity contribution is -0.121. The molecule has 0 unspecified atom stereocenters. The molecule has 2 aromatic rings. The van der Waals surface area contributed by atoms with Crippen molar-refractivity contribution in [3.8, 4) is 0 Å². The monoisotopic (exact) mass is 275 g/mol. The van der Waals surface area contributed by atoms with Crippen molar-refractivity contribution in [1.82, 2.24) is 20.3 Å². The van der Waals surface area contributed by atoms with E-state index in [1.807, 2.05) is 18.2 Å². The third kappa shape index (κ3) is 4.60. The van der Waals surface area contributed by atoms with Crippen LogP contribution in [0.5, 0.6) is 0 Å². The molecule has 2 N–H and O–H groups in total. The van der Waals surface area contributed by atoms with Crippen LogP contribution in [0, 0.1) is 5.82 Å². The van der Waals surface area contributed by atoms with Crippen molar-refractivity contribution in [3.05, 3.63) is 48.3 Å². The first kappa shape index (κ1) is 13.9. The van der Waals surface area contributed by atoms with E-state index in [1.54, 1.807) is 6.20 Å². The predicted octanol–water partition coefficient (Wildman–Crippen LogP) is 1.13. The van der Waals surface area contributed by atoms with Gasteiger partial charge in [0.05, 0.1) is 24.6 Å². The van der Waals surface area contributed by atoms with E-state index in [1.165, 1.54) is 0 Å². The summed E-state index contributed by atoms with van der Waals surface area (Å²) < 4.78 is 12.6. The molecule has 2 aromatic heterocycles. The highest BCUT2D eigenvalue weighted by Crippen LogP contribution is 1.98. The maximum absolute atomic E-state index is 12.6. The number of amides is 1. The minimum Gasteiger partial charge on any atom is -0.354 e. The van der Waals surface area contributed by atoms with Crippen molar-refractivity contribution >= 4 is 11.9 Å². The summed E-state index contributed by atoms with van der Waals surface area (Å²) >= 11 is 0. The summed E-state index contributed by atoms with van der Waals surface area (Å²) in [6, 6.07) is 5.52. The van der Waals surface area contributed by atoms with E-state index in [0.29, 0.717) is 19.0 Å². The Balaban J connectivity index is 1.66. The molecular weight excluding hydrogens is 261 g/mol. The fourth-order valence-corrected chi connectivity index (χ4v) is 1.47. The van der Waals surface area contributed by atoms with Crippen molar-refractivity contribution in [2.75, 3.05) is 11.9 Å². The van der Waals surface area contributed by atoms with Gasteiger partial charge in [-0.3, -0.25) is 9.78 Å². The van der Waals surface area contributed by atoms with Gasteiger partial charge in [0.15, 0.2) is 5.82 Å². The highest BCUT2D eigenvalue weighted by atomic mass is 19.1. The summed E-state index contributed by atoms with van der Waals surface area (Å²) in [6.45, 7) is 0.770. The van der Waals surface area contributed by atoms with E-state index in [-0.39, 0.29) is 12.3 Å². The van der Waals surface area contributed by atoms with Crippen LogP contribution in [0.2, 0.25) is 0 Å². The van der Waals surface area contributed by atoms with Crippen LogP contribution in [-0.4, -0.2) is 27.4 Å². The first-order valence-corrected chi connectivity index (χ1v) is 6.12. The SMILES string of the molecule is O=C(CCNc1ncc(F)cn1)NCc1ccccn1. The standard InChI is InChI=1S/C13H14FN5O/c14-10-7-18-13(19-8-10)16-6-4-12(20)17-9-11-3-1-2-5-15-11/h1-3,5,7-8H,4,6,9H2,(H,17,20)(H,16,18,19). The molecule has 0 saturated heterocycles. The van der Waals surface area contributed by atoms with Gasteiger partial charge in [-0.05, 0) is 12.1 Å². The van der Waals surface area contributed by atoms with E-state index in [2.05, 4.69) is 25.6 Å². The third-order valence-corrected chi connectivity index (χ3v) is 2.45. The van der Waals surface area contributed by atoms with E-state index in [9.17, 15) is 9.18 Å². The zero-order chi connectivity index (χ0) is 14.2. The third-order valence-electron chi connectivity index (χ3n) is 2.45. The van der Waals surface area contributed by atoms with Gasteiger partial charge in [0.25, 0.3) is 0 Å². The number of nitrogens with zero attached hydrogens (tertiary/aromatic N) is 3. The van der Waals surface area contributed by atoms with Crippen LogP contribution in [0.4, 0.5) is 10.3 Å². The number of carbonyl (C=O) groups is 1. The summed E-state index contributed by atoms with van der Waals surface area (Å²) in [5.41, 5.74) is 0.802. The first-order chi connectivity index (χ1) is 9.74. The fraction of sp³-hybridized carbons (Fsp3) is 0.231. The number of hydrogen-bond donors (Lipinski definition) is 2. The molecule has 0 fully saturated rings. The van der Waals surface area contributed by atoms with Gasteiger partial charge >= 0.3 is 0 Å². The molecule has 0 aromatic carbocycles. The minimum absolute atomic E-state index is 0.106. The Kier molecular flexibility index (Phi) is 4.94. The quantitative estimate of drug-likeness (QED) is 0.826. The molecular formula is C13H14FN5O. The van der Waals surface area contributed by atoms with Crippen LogP contribution in [0.25, 0.3) is 0 Å². The number of hydrogen-bond acceptors (Lipinski definition) is 5. The largest absolute Gasteiger partial charge is 0.354 e. The van der Waals surface area contributed by atoms with Gasteiger partial charge in [0.2, 0.25) is 11.9 Å². The van der Waals surface area contributed by atoms with Crippen LogP contribution in [0.1, 0.15) is 12.1 Å². The van der Waals surface area contributed by atoms with Crippen LogP contribution < -0.4 is 10.6 Å². The number of halogens is 1. The van der Waals surface area contributed by atoms with Crippen LogP contribution in [0.3, 0.4) is 0 Å². The minimum atomic E-state index is -0.497. The van der Waals surface area contributed by atoms with Crippen molar-refractivity contribution in [2.45, 2.75) is 13.0 Å². The Morgan fingerprint density at radius 2 is 2.00 bits per heavy atom. The summed E-state index contributed by atoms with van der Waals surface area (Å²) in [5.74, 6) is -0.308. The van der Waals surface area contributed by atoms with Crippen molar-refractivity contribution in [3.63, 3.8) is 0 Å². The van der Waals surface area contributed by atoms with E-state index >= 15 is 0 Å². The number of rotatable bonds is 6. The van der Waals surface area contributed by atoms with Gasteiger partial charge in [-0.2, -0.15) is 0 Å². The summed E-state index contributed by atoms with van der Waals surface area (Å²) in [7, 11) is 0. The molecule has 20 heavy (non-hydrogen) atoms. The molecule has 2 rings (SSSR count). The summed E-state index contributed by atoms with van der Waals surface area (Å²) in [5, 5.41) is 5.59. The fourth-order valence-electron chi connectivity index (χ4n) is 1.47. The van der Waals surface area contributed by atoms with Gasteiger partial charge in [-0.15, -0.1) is 0 Å². The van der Waals surface area contributed by atoms with Crippen molar-refractivity contribution in [2.24, 2.45) is 0 Å². The normalized spacial score (nSPS) is 10.1. The van der Waals surface area contributed by atoms with Crippen LogP contribution in [-0.2, 0) is 11.3 Å². The van der Waals surface area contributed by atoms with Gasteiger partial charge in [0.1, 0.15) is 0 Å². The zero-order valence-corrected chi connectivity index (χ0v) is 10.7. The van der Waals surface area contributed by atoms with E-state index in [4.69, 9.17) is 0 Å². The van der Waals surface area contributed by atoms with Gasteiger partial charge in [0, 0.05) is 19.2 Å². The Hall–Kier alpha value is -2.57. The Morgan fingerprint density at radius 1 is 1.20 bits per heavy atom. The van der Waals surface area contributed by atoms with Crippen molar-refractivity contribution < 1.29 is 9.18 Å². The first-order valence-electron chi connectivity index (χ1n) is 6.12. The number of pyridine rings is 1. The molecule has 0 aliphatic heterocycles. The Morgan fingerprint density at radius 3 is 2.70 bits per heavy atom. The zero-order valence-electron chi connectivity index (χ0n) is 10.7. The lowest BCUT2D eigenvalue weighted by Gasteiger charge is -2.06. The van der Waals surface area contributed by atoms with Crippen molar-refractivity contribution in [1.29, 1.82) is 0 Å². The maximum atomic E-state index is 12.6. The molecule has 2 heterocycles. The van der Waals surface area contributed by atoms with Crippen LogP contribution >= 0.6 is 0 Å². The number of aromatic nitrogens is 3. The molecule has 6 nitrogen and oxygen atoms in total. The molecule has 0 aliphatic rings. The lowest BCUT2D eigenvalue weighted by Crippen LogP contribution is -2.25. The van der Waals surface area contributed by atoms with Crippen LogP contribution in [0.15, 0.2) is 36.8 Å². The Labute approximate surface area is 115 Å². The molecule has 0 saturated carbocycles. The topological polar surface area (TPSA) is 79.8 Å². The van der Waals surface area contributed by atoms with Gasteiger partial charge < -0.3 is 10.6 Å². The number of carbonyl (C=O) groups excluding carboxylic acids is 1. The highest BCUT2D eigenvalue weighted by molar-refractivity contribution is 5.76.